The fourth-order valence-electron chi connectivity index (χ4n) is 2.83. The minimum atomic E-state index is -0.762. The Morgan fingerprint density at radius 2 is 2.00 bits per heavy atom. The largest absolute Gasteiger partial charge is 0.487 e. The van der Waals surface area contributed by atoms with Gasteiger partial charge in [0.2, 0.25) is 5.91 Å². The number of hydrogen-bond donors (Lipinski definition) is 2. The van der Waals surface area contributed by atoms with Gasteiger partial charge in [-0.05, 0) is 37.1 Å². The first-order valence-electron chi connectivity index (χ1n) is 7.98. The molecule has 3 rings (SSSR count). The highest BCUT2D eigenvalue weighted by atomic mass is 35.5. The number of pyridine rings is 1. The molecule has 0 saturated heterocycles. The second-order valence-electron chi connectivity index (χ2n) is 6.11. The number of benzene rings is 1. The number of hydrogen-bond acceptors (Lipinski definition) is 4. The summed E-state index contributed by atoms with van der Waals surface area (Å²) in [6.07, 6.45) is 6.88. The van der Waals surface area contributed by atoms with E-state index in [1.807, 2.05) is 12.1 Å². The summed E-state index contributed by atoms with van der Waals surface area (Å²) >= 11 is 6.25. The van der Waals surface area contributed by atoms with Gasteiger partial charge in [-0.15, -0.1) is 24.8 Å². The molecule has 2 aromatic rings. The van der Waals surface area contributed by atoms with E-state index in [0.717, 1.165) is 31.2 Å². The topological polar surface area (TPSA) is 77.2 Å². The predicted molar refractivity (Wildman–Crippen MR) is 109 cm³/mol. The van der Waals surface area contributed by atoms with Crippen LogP contribution < -0.4 is 15.8 Å². The maximum atomic E-state index is 12.3. The number of anilines is 1. The van der Waals surface area contributed by atoms with Crippen LogP contribution in [0.2, 0.25) is 5.02 Å². The molecule has 3 N–H and O–H groups in total. The van der Waals surface area contributed by atoms with Gasteiger partial charge in [-0.25, -0.2) is 0 Å². The van der Waals surface area contributed by atoms with E-state index in [1.165, 1.54) is 0 Å². The van der Waals surface area contributed by atoms with E-state index in [2.05, 4.69) is 10.3 Å². The van der Waals surface area contributed by atoms with Gasteiger partial charge in [0, 0.05) is 23.6 Å². The molecule has 1 aromatic heterocycles. The number of nitrogens with two attached hydrogens (primary N) is 1. The number of rotatable bonds is 5. The number of carbonyl (C=O) groups excluding carboxylic acids is 1. The maximum absolute atomic E-state index is 12.3. The van der Waals surface area contributed by atoms with Gasteiger partial charge in [-0.2, -0.15) is 0 Å². The Labute approximate surface area is 170 Å². The third-order valence-corrected chi connectivity index (χ3v) is 4.55. The highest BCUT2D eigenvalue weighted by Crippen LogP contribution is 2.31. The van der Waals surface area contributed by atoms with Crippen molar-refractivity contribution >= 4 is 48.0 Å². The van der Waals surface area contributed by atoms with Crippen molar-refractivity contribution in [2.75, 3.05) is 5.32 Å². The summed E-state index contributed by atoms with van der Waals surface area (Å²) in [4.78, 5) is 16.4. The molecular weight excluding hydrogens is 397 g/mol. The standard InChI is InChI=1S/C18H20ClN3O2.2ClH/c19-15-10-14(22-17(23)18(20)7-1-2-8-18)5-6-16(15)24-12-13-4-3-9-21-11-13;;/h3-6,9-11H,1-2,7-8,12,20H2,(H,22,23);2*1H. The summed E-state index contributed by atoms with van der Waals surface area (Å²) in [6, 6.07) is 8.96. The Bertz CT molecular complexity index is 723. The monoisotopic (exact) mass is 417 g/mol. The Hall–Kier alpha value is -1.53. The minimum absolute atomic E-state index is 0. The summed E-state index contributed by atoms with van der Waals surface area (Å²) in [5, 5.41) is 3.29. The van der Waals surface area contributed by atoms with Crippen LogP contribution in [-0.2, 0) is 11.4 Å². The summed E-state index contributed by atoms with van der Waals surface area (Å²) in [6.45, 7) is 0.380. The highest BCUT2D eigenvalue weighted by Gasteiger charge is 2.36. The van der Waals surface area contributed by atoms with Crippen LogP contribution in [0, 0.1) is 0 Å². The van der Waals surface area contributed by atoms with Gasteiger partial charge in [0.1, 0.15) is 12.4 Å². The average molecular weight is 419 g/mol. The van der Waals surface area contributed by atoms with Crippen molar-refractivity contribution in [3.8, 4) is 5.75 Å². The number of ether oxygens (including phenoxy) is 1. The number of nitrogens with one attached hydrogen (secondary N) is 1. The van der Waals surface area contributed by atoms with Crippen LogP contribution in [0.1, 0.15) is 31.2 Å². The van der Waals surface area contributed by atoms with Crippen molar-refractivity contribution in [3.05, 3.63) is 53.3 Å². The third-order valence-electron chi connectivity index (χ3n) is 4.25. The zero-order valence-electron chi connectivity index (χ0n) is 14.1. The molecule has 0 spiro atoms. The number of amides is 1. The van der Waals surface area contributed by atoms with Crippen molar-refractivity contribution < 1.29 is 9.53 Å². The summed E-state index contributed by atoms with van der Waals surface area (Å²) in [5.74, 6) is 0.405. The van der Waals surface area contributed by atoms with Gasteiger partial charge in [-0.3, -0.25) is 9.78 Å². The van der Waals surface area contributed by atoms with Crippen LogP contribution in [0.25, 0.3) is 0 Å². The zero-order chi connectivity index (χ0) is 17.0. The van der Waals surface area contributed by atoms with Crippen LogP contribution >= 0.6 is 36.4 Å². The number of carbonyl (C=O) groups is 1. The Kier molecular flexibility index (Phi) is 8.63. The summed E-state index contributed by atoms with van der Waals surface area (Å²) in [5.41, 5.74) is 6.97. The zero-order valence-corrected chi connectivity index (χ0v) is 16.5. The molecule has 0 aliphatic heterocycles. The van der Waals surface area contributed by atoms with Crippen molar-refractivity contribution in [3.63, 3.8) is 0 Å². The molecule has 8 heteroatoms. The Balaban J connectivity index is 0.00000169. The van der Waals surface area contributed by atoms with E-state index >= 15 is 0 Å². The molecule has 1 aromatic carbocycles. The number of halogens is 3. The molecule has 5 nitrogen and oxygen atoms in total. The van der Waals surface area contributed by atoms with Gasteiger partial charge in [-0.1, -0.05) is 30.5 Å². The fourth-order valence-corrected chi connectivity index (χ4v) is 3.06. The van der Waals surface area contributed by atoms with E-state index < -0.39 is 5.54 Å². The van der Waals surface area contributed by atoms with Crippen LogP contribution in [0.15, 0.2) is 42.7 Å². The van der Waals surface area contributed by atoms with Gasteiger partial charge in [0.05, 0.1) is 10.6 Å². The van der Waals surface area contributed by atoms with Crippen LogP contribution in [0.5, 0.6) is 5.75 Å². The van der Waals surface area contributed by atoms with E-state index in [-0.39, 0.29) is 30.7 Å². The van der Waals surface area contributed by atoms with Gasteiger partial charge in [0.25, 0.3) is 0 Å². The van der Waals surface area contributed by atoms with Crippen LogP contribution in [0.4, 0.5) is 5.69 Å². The second-order valence-corrected chi connectivity index (χ2v) is 6.52. The Morgan fingerprint density at radius 1 is 1.27 bits per heavy atom. The smallest absolute Gasteiger partial charge is 0.244 e. The second kappa shape index (κ2) is 9.97. The van der Waals surface area contributed by atoms with Crippen molar-refractivity contribution in [2.24, 2.45) is 5.73 Å². The molecule has 1 fully saturated rings. The molecule has 1 aliphatic carbocycles. The first kappa shape index (κ1) is 22.5. The molecule has 1 saturated carbocycles. The molecule has 0 bridgehead atoms. The maximum Gasteiger partial charge on any atom is 0.244 e. The number of nitrogens with zero attached hydrogens (tertiary/aromatic N) is 1. The van der Waals surface area contributed by atoms with Gasteiger partial charge < -0.3 is 15.8 Å². The molecule has 142 valence electrons. The highest BCUT2D eigenvalue weighted by molar-refractivity contribution is 6.32. The van der Waals surface area contributed by atoms with Gasteiger partial charge in [0.15, 0.2) is 0 Å². The summed E-state index contributed by atoms with van der Waals surface area (Å²) in [7, 11) is 0. The molecule has 1 amide bonds. The van der Waals surface area contributed by atoms with Crippen molar-refractivity contribution in [1.82, 2.24) is 4.98 Å². The Morgan fingerprint density at radius 3 is 2.62 bits per heavy atom. The molecular formula is C18H22Cl3N3O2. The lowest BCUT2D eigenvalue weighted by atomic mass is 9.98. The SMILES string of the molecule is Cl.Cl.NC1(C(=O)Nc2ccc(OCc3cccnc3)c(Cl)c2)CCCC1. The predicted octanol–water partition coefficient (Wildman–Crippen LogP) is 4.37. The van der Waals surface area contributed by atoms with E-state index in [4.69, 9.17) is 22.1 Å². The van der Waals surface area contributed by atoms with Crippen molar-refractivity contribution in [2.45, 2.75) is 37.8 Å². The van der Waals surface area contributed by atoms with E-state index in [0.29, 0.717) is 23.1 Å². The van der Waals surface area contributed by atoms with Gasteiger partial charge >= 0.3 is 0 Å². The summed E-state index contributed by atoms with van der Waals surface area (Å²) < 4.78 is 5.69. The average Bonchev–Trinajstić information content (AvgIpc) is 3.03. The van der Waals surface area contributed by atoms with Crippen molar-refractivity contribution in [1.29, 1.82) is 0 Å². The molecule has 0 radical (unpaired) electrons. The van der Waals surface area contributed by atoms with Crippen LogP contribution in [0.3, 0.4) is 0 Å². The quantitative estimate of drug-likeness (QED) is 0.756. The lowest BCUT2D eigenvalue weighted by Crippen LogP contribution is -2.48. The molecule has 0 atom stereocenters. The lowest BCUT2D eigenvalue weighted by Gasteiger charge is -2.22. The fraction of sp³-hybridized carbons (Fsp3) is 0.333. The molecule has 1 heterocycles. The molecule has 0 unspecified atom stereocenters. The number of aromatic nitrogens is 1. The third kappa shape index (κ3) is 5.48. The molecule has 26 heavy (non-hydrogen) atoms. The van der Waals surface area contributed by atoms with Crippen LogP contribution in [-0.4, -0.2) is 16.4 Å². The van der Waals surface area contributed by atoms with E-state index in [1.54, 1.807) is 30.6 Å². The first-order chi connectivity index (χ1) is 11.6. The normalized spacial score (nSPS) is 14.7. The lowest BCUT2D eigenvalue weighted by molar-refractivity contribution is -0.121. The molecule has 1 aliphatic rings. The van der Waals surface area contributed by atoms with E-state index in [9.17, 15) is 4.79 Å². The minimum Gasteiger partial charge on any atom is -0.487 e. The first-order valence-corrected chi connectivity index (χ1v) is 8.36.